The molecular formula is C7H11N3O. The number of nitrogens with two attached hydrogens (primary N) is 1. The van der Waals surface area contributed by atoms with Crippen molar-refractivity contribution in [1.82, 2.24) is 5.32 Å². The van der Waals surface area contributed by atoms with Crippen LogP contribution in [-0.4, -0.2) is 18.0 Å². The first-order valence-corrected chi connectivity index (χ1v) is 3.67. The van der Waals surface area contributed by atoms with E-state index in [1.54, 1.807) is 0 Å². The highest BCUT2D eigenvalue weighted by Crippen LogP contribution is 2.13. The number of nitrogens with zero attached hydrogens (tertiary/aromatic N) is 1. The molecule has 1 unspecified atom stereocenters. The molecule has 1 fully saturated rings. The lowest BCUT2D eigenvalue weighted by Gasteiger charge is -2.15. The molecule has 11 heavy (non-hydrogen) atoms. The van der Waals surface area contributed by atoms with Crippen molar-refractivity contribution in [2.24, 2.45) is 5.73 Å². The molecule has 0 bridgehead atoms. The molecule has 4 nitrogen and oxygen atoms in total. The maximum absolute atomic E-state index is 11.1. The molecule has 1 saturated heterocycles. The predicted molar refractivity (Wildman–Crippen MR) is 39.4 cm³/mol. The number of carbonyl (C=O) groups is 1. The van der Waals surface area contributed by atoms with E-state index < -0.39 is 5.54 Å². The Balaban J connectivity index is 2.76. The standard InChI is InChI=1S/C7H11N3O/c8-5-7(9)3-1-2-4-10-6(7)11/h1-4,9H2,(H,10,11). The lowest BCUT2D eigenvalue weighted by Crippen LogP contribution is -2.51. The molecule has 1 aliphatic heterocycles. The minimum absolute atomic E-state index is 0.336. The summed E-state index contributed by atoms with van der Waals surface area (Å²) in [5.41, 5.74) is 4.25. The van der Waals surface area contributed by atoms with Crippen molar-refractivity contribution in [2.75, 3.05) is 6.54 Å². The van der Waals surface area contributed by atoms with Gasteiger partial charge in [0.15, 0.2) is 5.54 Å². The molecule has 0 radical (unpaired) electrons. The van der Waals surface area contributed by atoms with E-state index in [-0.39, 0.29) is 5.91 Å². The van der Waals surface area contributed by atoms with Gasteiger partial charge in [0.1, 0.15) is 0 Å². The first-order valence-electron chi connectivity index (χ1n) is 3.67. The Morgan fingerprint density at radius 2 is 2.36 bits per heavy atom. The van der Waals surface area contributed by atoms with Crippen LogP contribution in [0.5, 0.6) is 0 Å². The first kappa shape index (κ1) is 8.02. The van der Waals surface area contributed by atoms with Crippen LogP contribution in [-0.2, 0) is 4.79 Å². The third-order valence-corrected chi connectivity index (χ3v) is 1.89. The van der Waals surface area contributed by atoms with E-state index in [2.05, 4.69) is 5.32 Å². The van der Waals surface area contributed by atoms with Gasteiger partial charge in [0.05, 0.1) is 6.07 Å². The van der Waals surface area contributed by atoms with Crippen molar-refractivity contribution in [3.05, 3.63) is 0 Å². The van der Waals surface area contributed by atoms with Gasteiger partial charge in [0.25, 0.3) is 5.91 Å². The number of hydrogen-bond acceptors (Lipinski definition) is 3. The van der Waals surface area contributed by atoms with Gasteiger partial charge < -0.3 is 11.1 Å². The SMILES string of the molecule is N#CC1(N)CCCCNC1=O. The second kappa shape index (κ2) is 2.89. The first-order chi connectivity index (χ1) is 5.19. The van der Waals surface area contributed by atoms with Crippen LogP contribution in [0.1, 0.15) is 19.3 Å². The molecule has 1 rings (SSSR count). The molecule has 0 saturated carbocycles. The van der Waals surface area contributed by atoms with E-state index in [1.807, 2.05) is 6.07 Å². The van der Waals surface area contributed by atoms with Gasteiger partial charge in [0, 0.05) is 6.54 Å². The van der Waals surface area contributed by atoms with Crippen molar-refractivity contribution < 1.29 is 4.79 Å². The minimum atomic E-state index is -1.28. The van der Waals surface area contributed by atoms with Crippen molar-refractivity contribution in [3.63, 3.8) is 0 Å². The monoisotopic (exact) mass is 153 g/mol. The van der Waals surface area contributed by atoms with Crippen LogP contribution >= 0.6 is 0 Å². The maximum atomic E-state index is 11.1. The van der Waals surface area contributed by atoms with Crippen LogP contribution < -0.4 is 11.1 Å². The van der Waals surface area contributed by atoms with E-state index in [0.29, 0.717) is 13.0 Å². The number of rotatable bonds is 0. The summed E-state index contributed by atoms with van der Waals surface area (Å²) in [6.45, 7) is 0.638. The van der Waals surface area contributed by atoms with Gasteiger partial charge in [-0.15, -0.1) is 0 Å². The quantitative estimate of drug-likeness (QED) is 0.492. The Bertz CT molecular complexity index is 208. The van der Waals surface area contributed by atoms with Gasteiger partial charge in [0.2, 0.25) is 0 Å². The summed E-state index contributed by atoms with van der Waals surface area (Å²) in [5, 5.41) is 11.2. The van der Waals surface area contributed by atoms with E-state index in [0.717, 1.165) is 12.8 Å². The molecule has 0 aromatic carbocycles. The third-order valence-electron chi connectivity index (χ3n) is 1.89. The van der Waals surface area contributed by atoms with Gasteiger partial charge >= 0.3 is 0 Å². The summed E-state index contributed by atoms with van der Waals surface area (Å²) in [6, 6.07) is 1.84. The van der Waals surface area contributed by atoms with Crippen LogP contribution in [0.25, 0.3) is 0 Å². The van der Waals surface area contributed by atoms with Gasteiger partial charge in [-0.25, -0.2) is 0 Å². The zero-order valence-electron chi connectivity index (χ0n) is 6.26. The summed E-state index contributed by atoms with van der Waals surface area (Å²) in [5.74, 6) is -0.336. The number of amides is 1. The smallest absolute Gasteiger partial charge is 0.254 e. The second-order valence-corrected chi connectivity index (χ2v) is 2.80. The molecule has 4 heteroatoms. The van der Waals surface area contributed by atoms with E-state index in [9.17, 15) is 4.79 Å². The second-order valence-electron chi connectivity index (χ2n) is 2.80. The topological polar surface area (TPSA) is 78.9 Å². The summed E-state index contributed by atoms with van der Waals surface area (Å²) >= 11 is 0. The summed E-state index contributed by atoms with van der Waals surface area (Å²) in [4.78, 5) is 11.1. The van der Waals surface area contributed by atoms with Gasteiger partial charge in [-0.05, 0) is 19.3 Å². The Morgan fingerprint density at radius 1 is 1.64 bits per heavy atom. The minimum Gasteiger partial charge on any atom is -0.354 e. The van der Waals surface area contributed by atoms with Gasteiger partial charge in [-0.2, -0.15) is 5.26 Å². The highest BCUT2D eigenvalue weighted by atomic mass is 16.2. The lowest BCUT2D eigenvalue weighted by atomic mass is 9.96. The zero-order chi connectivity index (χ0) is 8.32. The Kier molecular flexibility index (Phi) is 2.11. The fourth-order valence-corrected chi connectivity index (χ4v) is 1.11. The average molecular weight is 153 g/mol. The number of nitriles is 1. The molecule has 0 aromatic rings. The average Bonchev–Trinajstić information content (AvgIpc) is 2.16. The van der Waals surface area contributed by atoms with Crippen LogP contribution in [0.3, 0.4) is 0 Å². The van der Waals surface area contributed by atoms with Crippen LogP contribution in [0.2, 0.25) is 0 Å². The Labute approximate surface area is 65.4 Å². The fourth-order valence-electron chi connectivity index (χ4n) is 1.11. The van der Waals surface area contributed by atoms with Crippen molar-refractivity contribution in [2.45, 2.75) is 24.8 Å². The van der Waals surface area contributed by atoms with Crippen LogP contribution in [0.4, 0.5) is 0 Å². The number of hydrogen-bond donors (Lipinski definition) is 2. The molecule has 1 atom stereocenters. The lowest BCUT2D eigenvalue weighted by molar-refractivity contribution is -0.124. The fraction of sp³-hybridized carbons (Fsp3) is 0.714. The largest absolute Gasteiger partial charge is 0.354 e. The molecule has 0 aliphatic carbocycles. The van der Waals surface area contributed by atoms with Crippen molar-refractivity contribution in [1.29, 1.82) is 5.26 Å². The summed E-state index contributed by atoms with van der Waals surface area (Å²) < 4.78 is 0. The number of nitrogens with one attached hydrogen (secondary N) is 1. The van der Waals surface area contributed by atoms with Crippen LogP contribution in [0.15, 0.2) is 0 Å². The third kappa shape index (κ3) is 1.49. The van der Waals surface area contributed by atoms with Gasteiger partial charge in [-0.1, -0.05) is 0 Å². The predicted octanol–water partition coefficient (Wildman–Crippen LogP) is -0.492. The molecule has 0 aromatic heterocycles. The normalized spacial score (nSPS) is 31.8. The highest BCUT2D eigenvalue weighted by Gasteiger charge is 2.34. The molecule has 60 valence electrons. The number of carbonyl (C=O) groups excluding carboxylic acids is 1. The van der Waals surface area contributed by atoms with E-state index in [4.69, 9.17) is 11.0 Å². The zero-order valence-corrected chi connectivity index (χ0v) is 6.26. The molecule has 1 aliphatic rings. The van der Waals surface area contributed by atoms with E-state index in [1.165, 1.54) is 0 Å². The molecular weight excluding hydrogens is 142 g/mol. The van der Waals surface area contributed by atoms with Crippen LogP contribution in [0, 0.1) is 11.3 Å². The summed E-state index contributed by atoms with van der Waals surface area (Å²) in [6.07, 6.45) is 2.21. The van der Waals surface area contributed by atoms with Crippen molar-refractivity contribution >= 4 is 5.91 Å². The Hall–Kier alpha value is -1.08. The van der Waals surface area contributed by atoms with E-state index >= 15 is 0 Å². The molecule has 1 amide bonds. The highest BCUT2D eigenvalue weighted by molar-refractivity contribution is 5.89. The maximum Gasteiger partial charge on any atom is 0.254 e. The molecule has 0 spiro atoms. The molecule has 1 heterocycles. The van der Waals surface area contributed by atoms with Crippen molar-refractivity contribution in [3.8, 4) is 6.07 Å². The molecule has 3 N–H and O–H groups in total. The van der Waals surface area contributed by atoms with Gasteiger partial charge in [-0.3, -0.25) is 4.79 Å². The summed E-state index contributed by atoms with van der Waals surface area (Å²) in [7, 11) is 0. The Morgan fingerprint density at radius 3 is 3.00 bits per heavy atom.